The molecule has 2 rings (SSSR count). The maximum absolute atomic E-state index is 12.1. The maximum Gasteiger partial charge on any atom is 0.336 e. The molecule has 0 saturated carbocycles. The summed E-state index contributed by atoms with van der Waals surface area (Å²) in [5, 5.41) is 0. The minimum atomic E-state index is -0.484. The van der Waals surface area contributed by atoms with E-state index in [-0.39, 0.29) is 5.97 Å². The van der Waals surface area contributed by atoms with Gasteiger partial charge in [0.15, 0.2) is 0 Å². The van der Waals surface area contributed by atoms with E-state index in [9.17, 15) is 9.59 Å². The third-order valence-electron chi connectivity index (χ3n) is 4.96. The van der Waals surface area contributed by atoms with Crippen molar-refractivity contribution >= 4 is 18.0 Å². The Labute approximate surface area is 197 Å². The average Bonchev–Trinajstić information content (AvgIpc) is 2.82. The van der Waals surface area contributed by atoms with Gasteiger partial charge < -0.3 is 14.2 Å². The molecule has 0 heterocycles. The van der Waals surface area contributed by atoms with Gasteiger partial charge in [0.05, 0.1) is 6.61 Å². The van der Waals surface area contributed by atoms with Gasteiger partial charge in [0.2, 0.25) is 0 Å². The molecular weight excluding hydrogens is 416 g/mol. The van der Waals surface area contributed by atoms with E-state index < -0.39 is 5.97 Å². The fourth-order valence-corrected chi connectivity index (χ4v) is 3.09. The Morgan fingerprint density at radius 3 is 2.09 bits per heavy atom. The summed E-state index contributed by atoms with van der Waals surface area (Å²) in [5.74, 6) is 0.902. The van der Waals surface area contributed by atoms with Crippen LogP contribution in [0.25, 0.3) is 6.08 Å². The molecule has 1 radical (unpaired) electrons. The third kappa shape index (κ3) is 11.4. The Hall–Kier alpha value is -3.08. The van der Waals surface area contributed by atoms with Gasteiger partial charge in [-0.15, -0.1) is 0 Å². The van der Waals surface area contributed by atoms with E-state index in [0.717, 1.165) is 49.8 Å². The van der Waals surface area contributed by atoms with E-state index in [4.69, 9.17) is 14.2 Å². The molecule has 0 bridgehead atoms. The number of hydrogen-bond donors (Lipinski definition) is 0. The summed E-state index contributed by atoms with van der Waals surface area (Å²) in [5.41, 5.74) is 0.875. The van der Waals surface area contributed by atoms with Gasteiger partial charge in [-0.25, -0.2) is 4.79 Å². The molecule has 0 saturated heterocycles. The van der Waals surface area contributed by atoms with E-state index >= 15 is 0 Å². The molecule has 5 heteroatoms. The quantitative estimate of drug-likeness (QED) is 0.127. The van der Waals surface area contributed by atoms with Gasteiger partial charge in [-0.05, 0) is 60.9 Å². The van der Waals surface area contributed by atoms with Crippen LogP contribution in [0.15, 0.2) is 54.6 Å². The zero-order valence-electron chi connectivity index (χ0n) is 19.6. The SMILES string of the molecule is [CH2]CCCCCCOc1ccc(/C=C/C(=O)Oc2ccc(OC(=O)CCCCC)cc2)cc1. The zero-order chi connectivity index (χ0) is 23.7. The smallest absolute Gasteiger partial charge is 0.336 e. The van der Waals surface area contributed by atoms with Crippen molar-refractivity contribution in [3.05, 3.63) is 67.1 Å². The lowest BCUT2D eigenvalue weighted by molar-refractivity contribution is -0.134. The van der Waals surface area contributed by atoms with E-state index in [0.29, 0.717) is 24.5 Å². The molecule has 0 spiro atoms. The molecule has 0 aromatic heterocycles. The Balaban J connectivity index is 1.72. The molecule has 2 aromatic rings. The number of esters is 2. The standard InChI is InChI=1S/C28H35O5/c1-3-5-7-8-10-22-31-24-15-12-23(13-16-24)14-21-28(30)33-26-19-17-25(18-20-26)32-27(29)11-9-6-4-2/h12-21H,1,3-11,22H2,2H3/b21-14+. The van der Waals surface area contributed by atoms with Crippen molar-refractivity contribution in [2.45, 2.75) is 64.7 Å². The highest BCUT2D eigenvalue weighted by molar-refractivity contribution is 5.88. The van der Waals surface area contributed by atoms with Gasteiger partial charge in [-0.3, -0.25) is 4.79 Å². The van der Waals surface area contributed by atoms with Gasteiger partial charge >= 0.3 is 11.9 Å². The third-order valence-corrected chi connectivity index (χ3v) is 4.96. The molecule has 0 aliphatic rings. The number of carbonyl (C=O) groups is 2. The molecule has 0 N–H and O–H groups in total. The van der Waals surface area contributed by atoms with Crippen LogP contribution in [0.2, 0.25) is 0 Å². The fraction of sp³-hybridized carbons (Fsp3) is 0.393. The lowest BCUT2D eigenvalue weighted by Gasteiger charge is -2.06. The van der Waals surface area contributed by atoms with Crippen LogP contribution in [0.3, 0.4) is 0 Å². The second-order valence-electron chi connectivity index (χ2n) is 7.84. The number of hydrogen-bond acceptors (Lipinski definition) is 5. The molecular formula is C28H35O5. The molecule has 5 nitrogen and oxygen atoms in total. The van der Waals surface area contributed by atoms with Crippen molar-refractivity contribution in [2.75, 3.05) is 6.61 Å². The van der Waals surface area contributed by atoms with Crippen LogP contribution in [0.4, 0.5) is 0 Å². The lowest BCUT2D eigenvalue weighted by atomic mass is 10.2. The Morgan fingerprint density at radius 2 is 1.42 bits per heavy atom. The minimum absolute atomic E-state index is 0.253. The summed E-state index contributed by atoms with van der Waals surface area (Å²) in [6.45, 7) is 6.64. The predicted octanol–water partition coefficient (Wildman–Crippen LogP) is 6.95. The highest BCUT2D eigenvalue weighted by Gasteiger charge is 2.06. The first-order chi connectivity index (χ1) is 16.1. The molecule has 0 amide bonds. The zero-order valence-corrected chi connectivity index (χ0v) is 19.6. The van der Waals surface area contributed by atoms with Crippen molar-refractivity contribution in [1.82, 2.24) is 0 Å². The van der Waals surface area contributed by atoms with Crippen molar-refractivity contribution in [2.24, 2.45) is 0 Å². The number of benzene rings is 2. The first kappa shape index (κ1) is 26.2. The highest BCUT2D eigenvalue weighted by Crippen LogP contribution is 2.19. The molecule has 0 aliphatic heterocycles. The molecule has 2 aromatic carbocycles. The minimum Gasteiger partial charge on any atom is -0.494 e. The van der Waals surface area contributed by atoms with Gasteiger partial charge in [-0.1, -0.05) is 64.5 Å². The summed E-state index contributed by atoms with van der Waals surface area (Å²) >= 11 is 0. The topological polar surface area (TPSA) is 61.8 Å². The van der Waals surface area contributed by atoms with Crippen molar-refractivity contribution < 1.29 is 23.8 Å². The van der Waals surface area contributed by atoms with Crippen LogP contribution in [0.5, 0.6) is 17.2 Å². The summed E-state index contributed by atoms with van der Waals surface area (Å²) in [4.78, 5) is 23.9. The van der Waals surface area contributed by atoms with Crippen molar-refractivity contribution in [1.29, 1.82) is 0 Å². The molecule has 33 heavy (non-hydrogen) atoms. The molecule has 0 atom stereocenters. The van der Waals surface area contributed by atoms with E-state index in [1.165, 1.54) is 18.9 Å². The average molecular weight is 452 g/mol. The van der Waals surface area contributed by atoms with Crippen molar-refractivity contribution in [3.8, 4) is 17.2 Å². The van der Waals surface area contributed by atoms with Gasteiger partial charge in [0.1, 0.15) is 17.2 Å². The second-order valence-corrected chi connectivity index (χ2v) is 7.84. The summed E-state index contributed by atoms with van der Waals surface area (Å²) in [6.07, 6.45) is 11.9. The van der Waals surface area contributed by atoms with E-state index in [1.54, 1.807) is 30.3 Å². The number of rotatable bonds is 15. The summed E-state index contributed by atoms with van der Waals surface area (Å²) in [6, 6.07) is 14.0. The normalized spacial score (nSPS) is 10.8. The van der Waals surface area contributed by atoms with Crippen LogP contribution in [0.1, 0.15) is 70.3 Å². The van der Waals surface area contributed by atoms with Crippen LogP contribution >= 0.6 is 0 Å². The van der Waals surface area contributed by atoms with E-state index in [1.807, 2.05) is 24.3 Å². The molecule has 0 fully saturated rings. The van der Waals surface area contributed by atoms with Crippen LogP contribution in [0, 0.1) is 6.92 Å². The van der Waals surface area contributed by atoms with Crippen LogP contribution in [-0.2, 0) is 9.59 Å². The Morgan fingerprint density at radius 1 is 0.788 bits per heavy atom. The number of carbonyl (C=O) groups excluding carboxylic acids is 2. The summed E-state index contributed by atoms with van der Waals surface area (Å²) in [7, 11) is 0. The van der Waals surface area contributed by atoms with Gasteiger partial charge in [0.25, 0.3) is 0 Å². The maximum atomic E-state index is 12.1. The molecule has 177 valence electrons. The Bertz CT molecular complexity index is 853. The van der Waals surface area contributed by atoms with Crippen LogP contribution in [-0.4, -0.2) is 18.5 Å². The van der Waals surface area contributed by atoms with E-state index in [2.05, 4.69) is 13.8 Å². The van der Waals surface area contributed by atoms with Crippen LogP contribution < -0.4 is 14.2 Å². The molecule has 0 unspecified atom stereocenters. The highest BCUT2D eigenvalue weighted by atomic mass is 16.5. The first-order valence-electron chi connectivity index (χ1n) is 11.8. The Kier molecular flexibility index (Phi) is 12.4. The second kappa shape index (κ2) is 15.7. The van der Waals surface area contributed by atoms with Gasteiger partial charge in [-0.2, -0.15) is 0 Å². The monoisotopic (exact) mass is 451 g/mol. The number of unbranched alkanes of at least 4 members (excludes halogenated alkanes) is 6. The van der Waals surface area contributed by atoms with Crippen molar-refractivity contribution in [3.63, 3.8) is 0 Å². The summed E-state index contributed by atoms with van der Waals surface area (Å²) < 4.78 is 16.3. The predicted molar refractivity (Wildman–Crippen MR) is 131 cm³/mol. The largest absolute Gasteiger partial charge is 0.494 e. The number of ether oxygens (including phenoxy) is 3. The first-order valence-corrected chi connectivity index (χ1v) is 11.8. The van der Waals surface area contributed by atoms with Gasteiger partial charge in [0, 0.05) is 12.5 Å². The molecule has 0 aliphatic carbocycles. The lowest BCUT2D eigenvalue weighted by Crippen LogP contribution is -2.07. The fourth-order valence-electron chi connectivity index (χ4n) is 3.09.